The van der Waals surface area contributed by atoms with Gasteiger partial charge in [0, 0.05) is 17.6 Å². The highest BCUT2D eigenvalue weighted by molar-refractivity contribution is 5.78. The lowest BCUT2D eigenvalue weighted by molar-refractivity contribution is 0.392. The SMILES string of the molecule is Cc1noc(C)c1CCCN=C(N)NC(C)(C)C. The second-order valence-electron chi connectivity index (χ2n) is 5.55. The first kappa shape index (κ1) is 14.5. The van der Waals surface area contributed by atoms with Gasteiger partial charge in [0.25, 0.3) is 0 Å². The van der Waals surface area contributed by atoms with Gasteiger partial charge in [0.15, 0.2) is 5.96 Å². The third kappa shape index (κ3) is 4.77. The maximum atomic E-state index is 5.79. The molecule has 1 heterocycles. The fraction of sp³-hybridized carbons (Fsp3) is 0.692. The fourth-order valence-electron chi connectivity index (χ4n) is 1.74. The summed E-state index contributed by atoms with van der Waals surface area (Å²) in [5.41, 5.74) is 7.90. The normalized spacial score (nSPS) is 12.8. The molecule has 0 aliphatic rings. The molecule has 1 aromatic rings. The zero-order chi connectivity index (χ0) is 13.8. The molecule has 3 N–H and O–H groups in total. The molecule has 0 saturated heterocycles. The molecule has 0 bridgehead atoms. The summed E-state index contributed by atoms with van der Waals surface area (Å²) < 4.78 is 5.12. The van der Waals surface area contributed by atoms with E-state index < -0.39 is 0 Å². The van der Waals surface area contributed by atoms with Crippen LogP contribution in [0.1, 0.15) is 44.2 Å². The summed E-state index contributed by atoms with van der Waals surface area (Å²) in [5, 5.41) is 7.06. The molecule has 18 heavy (non-hydrogen) atoms. The third-order valence-corrected chi connectivity index (χ3v) is 2.55. The Kier molecular flexibility index (Phi) is 4.76. The summed E-state index contributed by atoms with van der Waals surface area (Å²) in [6.07, 6.45) is 1.86. The van der Waals surface area contributed by atoms with E-state index in [4.69, 9.17) is 10.3 Å². The van der Waals surface area contributed by atoms with Crippen LogP contribution in [0.15, 0.2) is 9.52 Å². The molecule has 5 heteroatoms. The van der Waals surface area contributed by atoms with Gasteiger partial charge in [-0.2, -0.15) is 0 Å². The van der Waals surface area contributed by atoms with Crippen LogP contribution in [0.2, 0.25) is 0 Å². The van der Waals surface area contributed by atoms with Crippen LogP contribution in [0.25, 0.3) is 0 Å². The van der Waals surface area contributed by atoms with Crippen molar-refractivity contribution in [3.05, 3.63) is 17.0 Å². The second kappa shape index (κ2) is 5.89. The van der Waals surface area contributed by atoms with Crippen molar-refractivity contribution in [3.8, 4) is 0 Å². The molecule has 0 fully saturated rings. The highest BCUT2D eigenvalue weighted by Crippen LogP contribution is 2.14. The van der Waals surface area contributed by atoms with Crippen molar-refractivity contribution in [1.29, 1.82) is 0 Å². The molecule has 102 valence electrons. The summed E-state index contributed by atoms with van der Waals surface area (Å²) in [6.45, 7) is 10.8. The zero-order valence-corrected chi connectivity index (χ0v) is 12.0. The van der Waals surface area contributed by atoms with Gasteiger partial charge in [-0.25, -0.2) is 0 Å². The summed E-state index contributed by atoms with van der Waals surface area (Å²) >= 11 is 0. The van der Waals surface area contributed by atoms with Crippen molar-refractivity contribution in [2.24, 2.45) is 10.7 Å². The van der Waals surface area contributed by atoms with Crippen molar-refractivity contribution >= 4 is 5.96 Å². The van der Waals surface area contributed by atoms with E-state index in [1.807, 2.05) is 13.8 Å². The van der Waals surface area contributed by atoms with E-state index in [1.54, 1.807) is 0 Å². The Balaban J connectivity index is 2.37. The Hall–Kier alpha value is -1.52. The van der Waals surface area contributed by atoms with Gasteiger partial charge in [0.1, 0.15) is 5.76 Å². The number of aliphatic imine (C=N–C) groups is 1. The molecule has 0 aromatic carbocycles. The fourth-order valence-corrected chi connectivity index (χ4v) is 1.74. The molecule has 0 saturated carbocycles. The van der Waals surface area contributed by atoms with E-state index in [-0.39, 0.29) is 5.54 Å². The number of hydrogen-bond donors (Lipinski definition) is 2. The standard InChI is InChI=1S/C13H24N4O/c1-9-11(10(2)18-17-9)7-6-8-15-12(14)16-13(3,4)5/h6-8H2,1-5H3,(H3,14,15,16). The van der Waals surface area contributed by atoms with Gasteiger partial charge in [0.2, 0.25) is 0 Å². The molecule has 0 radical (unpaired) electrons. The molecule has 0 atom stereocenters. The van der Waals surface area contributed by atoms with Crippen LogP contribution in [0, 0.1) is 13.8 Å². The number of nitrogens with two attached hydrogens (primary N) is 1. The van der Waals surface area contributed by atoms with Gasteiger partial charge in [0.05, 0.1) is 5.69 Å². The second-order valence-corrected chi connectivity index (χ2v) is 5.55. The average molecular weight is 252 g/mol. The zero-order valence-electron chi connectivity index (χ0n) is 12.0. The van der Waals surface area contributed by atoms with Gasteiger partial charge in [-0.05, 0) is 47.5 Å². The minimum atomic E-state index is -0.0464. The van der Waals surface area contributed by atoms with Gasteiger partial charge >= 0.3 is 0 Å². The summed E-state index contributed by atoms with van der Waals surface area (Å²) in [7, 11) is 0. The minimum absolute atomic E-state index is 0.0464. The quantitative estimate of drug-likeness (QED) is 0.487. The van der Waals surface area contributed by atoms with Crippen LogP contribution < -0.4 is 11.1 Å². The van der Waals surface area contributed by atoms with Crippen molar-refractivity contribution in [3.63, 3.8) is 0 Å². The molecular weight excluding hydrogens is 228 g/mol. The van der Waals surface area contributed by atoms with Crippen LogP contribution in [0.3, 0.4) is 0 Å². The maximum Gasteiger partial charge on any atom is 0.188 e. The average Bonchev–Trinajstić information content (AvgIpc) is 2.52. The molecule has 5 nitrogen and oxygen atoms in total. The molecule has 0 aliphatic carbocycles. The topological polar surface area (TPSA) is 76.4 Å². The molecule has 0 spiro atoms. The van der Waals surface area contributed by atoms with E-state index >= 15 is 0 Å². The Morgan fingerprint density at radius 2 is 2.06 bits per heavy atom. The van der Waals surface area contributed by atoms with Crippen molar-refractivity contribution in [2.45, 2.75) is 53.0 Å². The third-order valence-electron chi connectivity index (χ3n) is 2.55. The molecule has 0 unspecified atom stereocenters. The van der Waals surface area contributed by atoms with E-state index in [0.717, 1.165) is 24.3 Å². The lowest BCUT2D eigenvalue weighted by Crippen LogP contribution is -2.45. The number of aryl methyl sites for hydroxylation is 2. The first-order chi connectivity index (χ1) is 8.29. The number of rotatable bonds is 4. The van der Waals surface area contributed by atoms with Crippen LogP contribution >= 0.6 is 0 Å². The van der Waals surface area contributed by atoms with Crippen LogP contribution in [0.4, 0.5) is 0 Å². The number of nitrogens with one attached hydrogen (secondary N) is 1. The predicted octanol–water partition coefficient (Wildman–Crippen LogP) is 1.93. The van der Waals surface area contributed by atoms with Crippen LogP contribution in [-0.4, -0.2) is 23.2 Å². The smallest absolute Gasteiger partial charge is 0.188 e. The number of guanidine groups is 1. The van der Waals surface area contributed by atoms with Crippen molar-refractivity contribution in [2.75, 3.05) is 6.54 Å². The highest BCUT2D eigenvalue weighted by atomic mass is 16.5. The number of aromatic nitrogens is 1. The van der Waals surface area contributed by atoms with E-state index in [1.165, 1.54) is 5.56 Å². The van der Waals surface area contributed by atoms with Gasteiger partial charge in [-0.15, -0.1) is 0 Å². The predicted molar refractivity (Wildman–Crippen MR) is 73.7 cm³/mol. The van der Waals surface area contributed by atoms with Gasteiger partial charge in [-0.3, -0.25) is 4.99 Å². The summed E-state index contributed by atoms with van der Waals surface area (Å²) in [5.74, 6) is 1.40. The monoisotopic (exact) mass is 252 g/mol. The lowest BCUT2D eigenvalue weighted by Gasteiger charge is -2.20. The Morgan fingerprint density at radius 1 is 1.39 bits per heavy atom. The van der Waals surface area contributed by atoms with E-state index in [9.17, 15) is 0 Å². The maximum absolute atomic E-state index is 5.79. The van der Waals surface area contributed by atoms with Crippen molar-refractivity contribution in [1.82, 2.24) is 10.5 Å². The van der Waals surface area contributed by atoms with Crippen LogP contribution in [0.5, 0.6) is 0 Å². The first-order valence-corrected chi connectivity index (χ1v) is 6.29. The minimum Gasteiger partial charge on any atom is -0.370 e. The van der Waals surface area contributed by atoms with E-state index in [2.05, 4.69) is 36.2 Å². The summed E-state index contributed by atoms with van der Waals surface area (Å²) in [6, 6.07) is 0. The number of nitrogens with zero attached hydrogens (tertiary/aromatic N) is 2. The largest absolute Gasteiger partial charge is 0.370 e. The first-order valence-electron chi connectivity index (χ1n) is 6.29. The molecule has 0 aliphatic heterocycles. The Bertz CT molecular complexity index is 396. The Morgan fingerprint density at radius 3 is 2.56 bits per heavy atom. The number of hydrogen-bond acceptors (Lipinski definition) is 3. The van der Waals surface area contributed by atoms with Crippen LogP contribution in [-0.2, 0) is 6.42 Å². The molecular formula is C13H24N4O. The molecule has 0 amide bonds. The molecule has 1 aromatic heterocycles. The Labute approximate surface area is 109 Å². The summed E-state index contributed by atoms with van der Waals surface area (Å²) in [4.78, 5) is 4.30. The van der Waals surface area contributed by atoms with Gasteiger partial charge < -0.3 is 15.6 Å². The van der Waals surface area contributed by atoms with Gasteiger partial charge in [-0.1, -0.05) is 5.16 Å². The van der Waals surface area contributed by atoms with E-state index in [0.29, 0.717) is 12.5 Å². The molecule has 1 rings (SSSR count). The highest BCUT2D eigenvalue weighted by Gasteiger charge is 2.10. The lowest BCUT2D eigenvalue weighted by atomic mass is 10.1. The van der Waals surface area contributed by atoms with Crippen molar-refractivity contribution < 1.29 is 4.52 Å².